The fourth-order valence-corrected chi connectivity index (χ4v) is 3.93. The van der Waals surface area contributed by atoms with E-state index < -0.39 is 17.8 Å². The van der Waals surface area contributed by atoms with Gasteiger partial charge in [-0.05, 0) is 37.5 Å². The van der Waals surface area contributed by atoms with Gasteiger partial charge in [0.15, 0.2) is 0 Å². The second-order valence-electron chi connectivity index (χ2n) is 7.71. The lowest BCUT2D eigenvalue weighted by atomic mass is 10.1. The highest BCUT2D eigenvalue weighted by atomic mass is 19.4. The molecule has 0 aliphatic carbocycles. The van der Waals surface area contributed by atoms with Gasteiger partial charge < -0.3 is 20.0 Å². The summed E-state index contributed by atoms with van der Waals surface area (Å²) >= 11 is 0. The number of piperazine rings is 1. The van der Waals surface area contributed by atoms with E-state index in [1.165, 1.54) is 29.5 Å². The van der Waals surface area contributed by atoms with Crippen LogP contribution in [0.1, 0.15) is 24.8 Å². The number of aromatic nitrogens is 2. The normalized spacial score (nSPS) is 17.6. The molecule has 1 aromatic heterocycles. The fraction of sp³-hybridized carbons (Fsp3) is 0.476. The highest BCUT2D eigenvalue weighted by Gasteiger charge is 2.34. The van der Waals surface area contributed by atoms with E-state index >= 15 is 0 Å². The van der Waals surface area contributed by atoms with Crippen molar-refractivity contribution in [3.8, 4) is 0 Å². The standard InChI is InChI=1S/C21H25F3N6O/c22-21(23,24)16-6-2-3-7-17(16)26-20(31)30-14-12-28(13-15-30)18-8-9-25-19(27-18)29-10-4-1-5-11-29/h2-3,6-9H,1,4-5,10-15H2,(H,26,31). The first-order chi connectivity index (χ1) is 14.9. The van der Waals surface area contributed by atoms with Gasteiger partial charge in [-0.25, -0.2) is 9.78 Å². The number of urea groups is 1. The van der Waals surface area contributed by atoms with Gasteiger partial charge in [-0.3, -0.25) is 0 Å². The van der Waals surface area contributed by atoms with E-state index in [-0.39, 0.29) is 5.69 Å². The number of carbonyl (C=O) groups is 1. The molecule has 166 valence electrons. The fourth-order valence-electron chi connectivity index (χ4n) is 3.93. The molecule has 2 saturated heterocycles. The molecule has 0 unspecified atom stereocenters. The Morgan fingerprint density at radius 2 is 1.61 bits per heavy atom. The van der Waals surface area contributed by atoms with Crippen LogP contribution in [-0.2, 0) is 6.18 Å². The van der Waals surface area contributed by atoms with Crippen LogP contribution in [0, 0.1) is 0 Å². The van der Waals surface area contributed by atoms with Gasteiger partial charge in [0, 0.05) is 45.5 Å². The Bertz CT molecular complexity index is 908. The molecule has 2 aromatic rings. The molecule has 1 N–H and O–H groups in total. The minimum Gasteiger partial charge on any atom is -0.353 e. The highest BCUT2D eigenvalue weighted by Crippen LogP contribution is 2.34. The van der Waals surface area contributed by atoms with Crippen LogP contribution in [0.4, 0.5) is 35.4 Å². The molecule has 4 rings (SSSR count). The second kappa shape index (κ2) is 8.99. The molecule has 3 heterocycles. The number of benzene rings is 1. The monoisotopic (exact) mass is 434 g/mol. The molecule has 31 heavy (non-hydrogen) atoms. The average Bonchev–Trinajstić information content (AvgIpc) is 2.79. The van der Waals surface area contributed by atoms with Crippen molar-refractivity contribution < 1.29 is 18.0 Å². The van der Waals surface area contributed by atoms with Crippen LogP contribution in [0.5, 0.6) is 0 Å². The van der Waals surface area contributed by atoms with Crippen molar-refractivity contribution >= 4 is 23.5 Å². The Balaban J connectivity index is 1.37. The predicted molar refractivity (Wildman–Crippen MR) is 112 cm³/mol. The van der Waals surface area contributed by atoms with E-state index in [1.807, 2.05) is 6.07 Å². The number of anilines is 3. The lowest BCUT2D eigenvalue weighted by Crippen LogP contribution is -2.50. The van der Waals surface area contributed by atoms with Crippen molar-refractivity contribution in [2.75, 3.05) is 54.4 Å². The first-order valence-corrected chi connectivity index (χ1v) is 10.5. The van der Waals surface area contributed by atoms with Crippen LogP contribution < -0.4 is 15.1 Å². The maximum Gasteiger partial charge on any atom is 0.418 e. The molecule has 0 saturated carbocycles. The van der Waals surface area contributed by atoms with Crippen LogP contribution in [0.2, 0.25) is 0 Å². The molecule has 0 bridgehead atoms. The van der Waals surface area contributed by atoms with Gasteiger partial charge in [-0.2, -0.15) is 18.2 Å². The zero-order valence-corrected chi connectivity index (χ0v) is 17.1. The van der Waals surface area contributed by atoms with Crippen molar-refractivity contribution in [3.63, 3.8) is 0 Å². The number of rotatable bonds is 3. The quantitative estimate of drug-likeness (QED) is 0.795. The zero-order valence-electron chi connectivity index (χ0n) is 17.1. The van der Waals surface area contributed by atoms with Gasteiger partial charge in [0.2, 0.25) is 5.95 Å². The topological polar surface area (TPSA) is 64.6 Å². The number of piperidine rings is 1. The summed E-state index contributed by atoms with van der Waals surface area (Å²) in [6.45, 7) is 3.79. The smallest absolute Gasteiger partial charge is 0.353 e. The van der Waals surface area contributed by atoms with Crippen molar-refractivity contribution in [2.24, 2.45) is 0 Å². The largest absolute Gasteiger partial charge is 0.418 e. The van der Waals surface area contributed by atoms with Crippen molar-refractivity contribution in [1.82, 2.24) is 14.9 Å². The molecular weight excluding hydrogens is 409 g/mol. The molecule has 7 nitrogen and oxygen atoms in total. The van der Waals surface area contributed by atoms with Gasteiger partial charge in [-0.15, -0.1) is 0 Å². The number of alkyl halides is 3. The van der Waals surface area contributed by atoms with Gasteiger partial charge in [-0.1, -0.05) is 12.1 Å². The molecule has 2 aliphatic rings. The Labute approximate surface area is 178 Å². The number of hydrogen-bond acceptors (Lipinski definition) is 5. The maximum absolute atomic E-state index is 13.2. The highest BCUT2D eigenvalue weighted by molar-refractivity contribution is 5.90. The van der Waals surface area contributed by atoms with Crippen molar-refractivity contribution in [3.05, 3.63) is 42.1 Å². The van der Waals surface area contributed by atoms with E-state index in [1.54, 1.807) is 6.20 Å². The number of amides is 2. The van der Waals surface area contributed by atoms with E-state index in [0.717, 1.165) is 43.8 Å². The van der Waals surface area contributed by atoms with Crippen LogP contribution >= 0.6 is 0 Å². The van der Waals surface area contributed by atoms with Crippen LogP contribution in [0.15, 0.2) is 36.5 Å². The van der Waals surface area contributed by atoms with E-state index in [0.29, 0.717) is 26.2 Å². The predicted octanol–water partition coefficient (Wildman–Crippen LogP) is 3.84. The summed E-state index contributed by atoms with van der Waals surface area (Å²) in [6.07, 6.45) is 0.729. The number of hydrogen-bond donors (Lipinski definition) is 1. The summed E-state index contributed by atoms with van der Waals surface area (Å²) in [4.78, 5) is 27.4. The van der Waals surface area contributed by atoms with Crippen LogP contribution in [0.25, 0.3) is 0 Å². The van der Waals surface area contributed by atoms with Crippen LogP contribution in [0.3, 0.4) is 0 Å². The third kappa shape index (κ3) is 5.00. The summed E-state index contributed by atoms with van der Waals surface area (Å²) in [5, 5.41) is 2.41. The summed E-state index contributed by atoms with van der Waals surface area (Å²) < 4.78 is 39.5. The Morgan fingerprint density at radius 1 is 0.903 bits per heavy atom. The molecule has 0 radical (unpaired) electrons. The number of nitrogens with zero attached hydrogens (tertiary/aromatic N) is 5. The van der Waals surface area contributed by atoms with Gasteiger partial charge in [0.1, 0.15) is 5.82 Å². The van der Waals surface area contributed by atoms with E-state index in [9.17, 15) is 18.0 Å². The Kier molecular flexibility index (Phi) is 6.15. The molecule has 1 aromatic carbocycles. The summed E-state index contributed by atoms with van der Waals surface area (Å²) in [7, 11) is 0. The molecule has 2 fully saturated rings. The number of carbonyl (C=O) groups excluding carboxylic acids is 1. The summed E-state index contributed by atoms with van der Waals surface area (Å²) in [5.74, 6) is 1.53. The Morgan fingerprint density at radius 3 is 2.32 bits per heavy atom. The molecular formula is C21H25F3N6O. The molecule has 2 aliphatic heterocycles. The third-order valence-electron chi connectivity index (χ3n) is 5.63. The molecule has 10 heteroatoms. The zero-order chi connectivity index (χ0) is 21.8. The molecule has 0 atom stereocenters. The summed E-state index contributed by atoms with van der Waals surface area (Å²) in [5.41, 5.74) is -1.09. The van der Waals surface area contributed by atoms with Gasteiger partial charge in [0.25, 0.3) is 0 Å². The first-order valence-electron chi connectivity index (χ1n) is 10.5. The van der Waals surface area contributed by atoms with Crippen molar-refractivity contribution in [1.29, 1.82) is 0 Å². The SMILES string of the molecule is O=C(Nc1ccccc1C(F)(F)F)N1CCN(c2ccnc(N3CCCCC3)n2)CC1. The number of para-hydroxylation sites is 1. The maximum atomic E-state index is 13.2. The minimum absolute atomic E-state index is 0.232. The van der Waals surface area contributed by atoms with Crippen molar-refractivity contribution in [2.45, 2.75) is 25.4 Å². The van der Waals surface area contributed by atoms with E-state index in [4.69, 9.17) is 4.98 Å². The first kappa shape index (κ1) is 21.2. The number of nitrogens with one attached hydrogen (secondary N) is 1. The Hall–Kier alpha value is -3.04. The molecule has 0 spiro atoms. The second-order valence-corrected chi connectivity index (χ2v) is 7.71. The molecule has 2 amide bonds. The minimum atomic E-state index is -4.53. The average molecular weight is 434 g/mol. The lowest BCUT2D eigenvalue weighted by Gasteiger charge is -2.36. The third-order valence-corrected chi connectivity index (χ3v) is 5.63. The van der Waals surface area contributed by atoms with E-state index in [2.05, 4.69) is 20.1 Å². The van der Waals surface area contributed by atoms with Gasteiger partial charge >= 0.3 is 12.2 Å². The summed E-state index contributed by atoms with van der Waals surface area (Å²) in [6, 6.07) is 6.31. The van der Waals surface area contributed by atoms with Crippen LogP contribution in [-0.4, -0.2) is 60.2 Å². The lowest BCUT2D eigenvalue weighted by molar-refractivity contribution is -0.136. The number of halogens is 3. The van der Waals surface area contributed by atoms with Gasteiger partial charge in [0.05, 0.1) is 11.3 Å².